The predicted octanol–water partition coefficient (Wildman–Crippen LogP) is 2.74. The van der Waals surface area contributed by atoms with E-state index in [9.17, 15) is 24.5 Å². The molecular formula is C18H17N3O6. The first-order chi connectivity index (χ1) is 12.8. The van der Waals surface area contributed by atoms with Crippen molar-refractivity contribution < 1.29 is 24.0 Å². The van der Waals surface area contributed by atoms with Crippen LogP contribution in [0.15, 0.2) is 48.5 Å². The van der Waals surface area contributed by atoms with Crippen LogP contribution in [0, 0.1) is 10.1 Å². The second-order valence-corrected chi connectivity index (χ2v) is 5.60. The molecule has 0 aliphatic heterocycles. The summed E-state index contributed by atoms with van der Waals surface area (Å²) in [5.74, 6) is -1.63. The average Bonchev–Trinajstić information content (AvgIpc) is 2.62. The molecule has 27 heavy (non-hydrogen) atoms. The molecule has 0 radical (unpaired) electrons. The molecule has 0 fully saturated rings. The number of rotatable bonds is 6. The molecule has 0 saturated carbocycles. The van der Waals surface area contributed by atoms with E-state index in [1.165, 1.54) is 32.0 Å². The number of non-ortho nitro benzene ring substituents is 1. The van der Waals surface area contributed by atoms with E-state index in [1.807, 2.05) is 0 Å². The standard InChI is InChI=1S/C18H17N3O6/c1-11(27-18(24)13-4-3-5-16(10-13)21(25)26)17(23)20-15-8-6-14(7-9-15)19-12(2)22/h3-11H,1-2H3,(H,19,22)(H,20,23)/t11-/m0/s1. The number of anilines is 2. The molecule has 0 heterocycles. The highest BCUT2D eigenvalue weighted by Crippen LogP contribution is 2.16. The number of ether oxygens (including phenoxy) is 1. The van der Waals surface area contributed by atoms with E-state index in [-0.39, 0.29) is 17.2 Å². The van der Waals surface area contributed by atoms with Gasteiger partial charge >= 0.3 is 5.97 Å². The van der Waals surface area contributed by atoms with Crippen molar-refractivity contribution in [2.45, 2.75) is 20.0 Å². The topological polar surface area (TPSA) is 128 Å². The van der Waals surface area contributed by atoms with Crippen LogP contribution in [0.25, 0.3) is 0 Å². The fourth-order valence-electron chi connectivity index (χ4n) is 2.11. The minimum Gasteiger partial charge on any atom is -0.449 e. The maximum atomic E-state index is 12.2. The molecule has 0 spiro atoms. The molecule has 9 heteroatoms. The van der Waals surface area contributed by atoms with Gasteiger partial charge in [-0.2, -0.15) is 0 Å². The van der Waals surface area contributed by atoms with Crippen LogP contribution < -0.4 is 10.6 Å². The quantitative estimate of drug-likeness (QED) is 0.456. The summed E-state index contributed by atoms with van der Waals surface area (Å²) in [4.78, 5) is 45.3. The van der Waals surface area contributed by atoms with Gasteiger partial charge in [-0.15, -0.1) is 0 Å². The molecule has 0 aliphatic rings. The zero-order chi connectivity index (χ0) is 20.0. The summed E-state index contributed by atoms with van der Waals surface area (Å²) >= 11 is 0. The lowest BCUT2D eigenvalue weighted by Gasteiger charge is -2.14. The Morgan fingerprint density at radius 2 is 1.63 bits per heavy atom. The van der Waals surface area contributed by atoms with Gasteiger partial charge in [0.15, 0.2) is 6.10 Å². The molecule has 0 unspecified atom stereocenters. The van der Waals surface area contributed by atoms with Crippen molar-refractivity contribution in [2.75, 3.05) is 10.6 Å². The second-order valence-electron chi connectivity index (χ2n) is 5.60. The molecule has 9 nitrogen and oxygen atoms in total. The highest BCUT2D eigenvalue weighted by molar-refractivity contribution is 5.97. The van der Waals surface area contributed by atoms with E-state index in [4.69, 9.17) is 4.74 Å². The Morgan fingerprint density at radius 3 is 2.19 bits per heavy atom. The molecule has 0 aromatic heterocycles. The van der Waals surface area contributed by atoms with Crippen LogP contribution in [0.2, 0.25) is 0 Å². The number of nitrogens with zero attached hydrogens (tertiary/aromatic N) is 1. The number of carbonyl (C=O) groups excluding carboxylic acids is 3. The zero-order valence-corrected chi connectivity index (χ0v) is 14.6. The van der Waals surface area contributed by atoms with Crippen molar-refractivity contribution in [1.82, 2.24) is 0 Å². The number of amides is 2. The largest absolute Gasteiger partial charge is 0.449 e. The van der Waals surface area contributed by atoms with Gasteiger partial charge in [-0.3, -0.25) is 19.7 Å². The van der Waals surface area contributed by atoms with Crippen molar-refractivity contribution in [1.29, 1.82) is 0 Å². The van der Waals surface area contributed by atoms with Gasteiger partial charge in [-0.25, -0.2) is 4.79 Å². The van der Waals surface area contributed by atoms with Gasteiger partial charge in [0.05, 0.1) is 10.5 Å². The first-order valence-corrected chi connectivity index (χ1v) is 7.90. The lowest BCUT2D eigenvalue weighted by atomic mass is 10.2. The Bertz CT molecular complexity index is 879. The molecule has 0 bridgehead atoms. The Balaban J connectivity index is 1.96. The molecule has 1 atom stereocenters. The SMILES string of the molecule is CC(=O)Nc1ccc(NC(=O)[C@H](C)OC(=O)c2cccc([N+](=O)[O-])c2)cc1. The van der Waals surface area contributed by atoms with E-state index in [2.05, 4.69) is 10.6 Å². The van der Waals surface area contributed by atoms with Crippen LogP contribution in [0.3, 0.4) is 0 Å². The van der Waals surface area contributed by atoms with Gasteiger partial charge in [0, 0.05) is 30.4 Å². The number of nitrogens with one attached hydrogen (secondary N) is 2. The van der Waals surface area contributed by atoms with Gasteiger partial charge in [-0.05, 0) is 37.3 Å². The van der Waals surface area contributed by atoms with Crippen LogP contribution >= 0.6 is 0 Å². The summed E-state index contributed by atoms with van der Waals surface area (Å²) in [5.41, 5.74) is 0.752. The highest BCUT2D eigenvalue weighted by Gasteiger charge is 2.20. The van der Waals surface area contributed by atoms with Gasteiger partial charge in [0.1, 0.15) is 0 Å². The number of hydrogen-bond acceptors (Lipinski definition) is 6. The Kier molecular flexibility index (Phi) is 6.21. The molecule has 2 N–H and O–H groups in total. The summed E-state index contributed by atoms with van der Waals surface area (Å²) in [5, 5.41) is 15.9. The van der Waals surface area contributed by atoms with E-state index in [0.29, 0.717) is 11.4 Å². The predicted molar refractivity (Wildman–Crippen MR) is 97.3 cm³/mol. The zero-order valence-electron chi connectivity index (χ0n) is 14.6. The summed E-state index contributed by atoms with van der Waals surface area (Å²) in [6, 6.07) is 11.4. The van der Waals surface area contributed by atoms with E-state index < -0.39 is 22.9 Å². The third-order valence-corrected chi connectivity index (χ3v) is 3.42. The first kappa shape index (κ1) is 19.6. The smallest absolute Gasteiger partial charge is 0.339 e. The summed E-state index contributed by atoms with van der Waals surface area (Å²) in [6.45, 7) is 2.77. The first-order valence-electron chi connectivity index (χ1n) is 7.90. The van der Waals surface area contributed by atoms with E-state index in [0.717, 1.165) is 6.07 Å². The van der Waals surface area contributed by atoms with Crippen LogP contribution in [-0.4, -0.2) is 28.8 Å². The van der Waals surface area contributed by atoms with Crippen LogP contribution in [0.4, 0.5) is 17.1 Å². The van der Waals surface area contributed by atoms with Gasteiger partial charge < -0.3 is 15.4 Å². The Labute approximate surface area is 154 Å². The summed E-state index contributed by atoms with van der Waals surface area (Å²) in [7, 11) is 0. The maximum absolute atomic E-state index is 12.2. The van der Waals surface area contributed by atoms with Gasteiger partial charge in [-0.1, -0.05) is 6.07 Å². The number of hydrogen-bond donors (Lipinski definition) is 2. The number of carbonyl (C=O) groups is 3. The van der Waals surface area contributed by atoms with Crippen LogP contribution in [0.5, 0.6) is 0 Å². The van der Waals surface area contributed by atoms with Crippen molar-refractivity contribution in [3.63, 3.8) is 0 Å². The molecule has 2 rings (SSSR count). The third kappa shape index (κ3) is 5.63. The fourth-order valence-corrected chi connectivity index (χ4v) is 2.11. The van der Waals surface area contributed by atoms with Crippen molar-refractivity contribution in [3.8, 4) is 0 Å². The van der Waals surface area contributed by atoms with Crippen molar-refractivity contribution in [3.05, 3.63) is 64.2 Å². The molecule has 2 aromatic carbocycles. The average molecular weight is 371 g/mol. The molecular weight excluding hydrogens is 354 g/mol. The van der Waals surface area contributed by atoms with Crippen molar-refractivity contribution in [2.24, 2.45) is 0 Å². The normalized spacial score (nSPS) is 11.2. The van der Waals surface area contributed by atoms with Crippen LogP contribution in [0.1, 0.15) is 24.2 Å². The number of nitro benzene ring substituents is 1. The minimum atomic E-state index is -1.12. The molecule has 2 amide bonds. The molecule has 140 valence electrons. The maximum Gasteiger partial charge on any atom is 0.339 e. The molecule has 0 saturated heterocycles. The van der Waals surface area contributed by atoms with Gasteiger partial charge in [0.25, 0.3) is 11.6 Å². The monoisotopic (exact) mass is 371 g/mol. The number of nitro groups is 1. The van der Waals surface area contributed by atoms with Crippen molar-refractivity contribution >= 4 is 34.8 Å². The Hall–Kier alpha value is -3.75. The second kappa shape index (κ2) is 8.56. The summed E-state index contributed by atoms with van der Waals surface area (Å²) in [6.07, 6.45) is -1.12. The fraction of sp³-hybridized carbons (Fsp3) is 0.167. The van der Waals surface area contributed by atoms with Crippen LogP contribution in [-0.2, 0) is 14.3 Å². The number of esters is 1. The van der Waals surface area contributed by atoms with E-state index in [1.54, 1.807) is 24.3 Å². The highest BCUT2D eigenvalue weighted by atomic mass is 16.6. The summed E-state index contributed by atoms with van der Waals surface area (Å²) < 4.78 is 5.05. The Morgan fingerprint density at radius 1 is 1.04 bits per heavy atom. The molecule has 2 aromatic rings. The molecule has 0 aliphatic carbocycles. The number of benzene rings is 2. The minimum absolute atomic E-state index is 0.0245. The van der Waals surface area contributed by atoms with E-state index >= 15 is 0 Å². The lowest BCUT2D eigenvalue weighted by molar-refractivity contribution is -0.384. The van der Waals surface area contributed by atoms with Gasteiger partial charge in [0.2, 0.25) is 5.91 Å². The third-order valence-electron chi connectivity index (χ3n) is 3.42. The lowest BCUT2D eigenvalue weighted by Crippen LogP contribution is -2.30.